The monoisotopic (exact) mass is 264 g/mol. The fourth-order valence-electron chi connectivity index (χ4n) is 0.948. The van der Waals surface area contributed by atoms with Gasteiger partial charge in [0.05, 0.1) is 18.1 Å². The molecule has 0 aliphatic carbocycles. The number of aromatic nitrogens is 1. The van der Waals surface area contributed by atoms with E-state index < -0.39 is 11.7 Å². The van der Waals surface area contributed by atoms with E-state index in [0.29, 0.717) is 0 Å². The molecule has 0 radical (unpaired) electrons. The molecule has 1 heterocycles. The van der Waals surface area contributed by atoms with Crippen molar-refractivity contribution in [2.24, 2.45) is 0 Å². The Morgan fingerprint density at radius 2 is 2.14 bits per heavy atom. The lowest BCUT2D eigenvalue weighted by molar-refractivity contribution is -0.138. The van der Waals surface area contributed by atoms with Crippen molar-refractivity contribution in [3.63, 3.8) is 0 Å². The predicted octanol–water partition coefficient (Wildman–Crippen LogP) is 2.93. The molecule has 1 aromatic rings. The molecule has 0 saturated carbocycles. The van der Waals surface area contributed by atoms with Gasteiger partial charge < -0.3 is 0 Å². The van der Waals surface area contributed by atoms with Crippen LogP contribution >= 0.6 is 15.9 Å². The number of nitrogens with zero attached hydrogens (tertiary/aromatic N) is 2. The Morgan fingerprint density at radius 3 is 2.64 bits per heavy atom. The van der Waals surface area contributed by atoms with Gasteiger partial charge in [-0.1, -0.05) is 0 Å². The molecule has 1 rings (SSSR count). The molecule has 6 heteroatoms. The Bertz CT molecular complexity index is 381. The maximum absolute atomic E-state index is 12.4. The van der Waals surface area contributed by atoms with E-state index in [0.717, 1.165) is 12.3 Å². The average molecular weight is 265 g/mol. The highest BCUT2D eigenvalue weighted by atomic mass is 79.9. The quantitative estimate of drug-likeness (QED) is 0.732. The summed E-state index contributed by atoms with van der Waals surface area (Å²) in [4.78, 5) is 3.64. The van der Waals surface area contributed by atoms with E-state index in [2.05, 4.69) is 20.9 Å². The molecule has 0 atom stereocenters. The first-order chi connectivity index (χ1) is 6.45. The second kappa shape index (κ2) is 3.96. The van der Waals surface area contributed by atoms with Crippen LogP contribution in [-0.4, -0.2) is 4.98 Å². The Balaban J connectivity index is 3.24. The fourth-order valence-corrected chi connectivity index (χ4v) is 1.28. The van der Waals surface area contributed by atoms with Gasteiger partial charge in [0.1, 0.15) is 4.60 Å². The summed E-state index contributed by atoms with van der Waals surface area (Å²) in [7, 11) is 0. The van der Waals surface area contributed by atoms with Crippen LogP contribution in [0.25, 0.3) is 0 Å². The summed E-state index contributed by atoms with van der Waals surface area (Å²) in [6.45, 7) is 0. The minimum absolute atomic E-state index is 0.103. The number of alkyl halides is 3. The molecule has 0 amide bonds. The van der Waals surface area contributed by atoms with Crippen LogP contribution < -0.4 is 0 Å². The van der Waals surface area contributed by atoms with Gasteiger partial charge in [0.2, 0.25) is 0 Å². The summed E-state index contributed by atoms with van der Waals surface area (Å²) in [6.07, 6.45) is -3.69. The number of nitriles is 1. The van der Waals surface area contributed by atoms with Gasteiger partial charge in [0, 0.05) is 6.20 Å². The first-order valence-corrected chi connectivity index (χ1v) is 4.33. The van der Waals surface area contributed by atoms with Crippen molar-refractivity contribution < 1.29 is 13.2 Å². The van der Waals surface area contributed by atoms with Crippen LogP contribution in [0.15, 0.2) is 16.9 Å². The molecule has 0 fully saturated rings. The first-order valence-electron chi connectivity index (χ1n) is 3.53. The smallest absolute Gasteiger partial charge is 0.249 e. The van der Waals surface area contributed by atoms with E-state index in [-0.39, 0.29) is 16.6 Å². The zero-order valence-corrected chi connectivity index (χ0v) is 8.35. The first kappa shape index (κ1) is 11.0. The third-order valence-electron chi connectivity index (χ3n) is 1.53. The number of rotatable bonds is 1. The van der Waals surface area contributed by atoms with Gasteiger partial charge in [-0.15, -0.1) is 0 Å². The van der Waals surface area contributed by atoms with Gasteiger partial charge in [0.15, 0.2) is 0 Å². The lowest BCUT2D eigenvalue weighted by Gasteiger charge is -2.10. The Labute approximate surface area is 86.5 Å². The van der Waals surface area contributed by atoms with Gasteiger partial charge in [-0.2, -0.15) is 18.4 Å². The molecule has 0 spiro atoms. The van der Waals surface area contributed by atoms with Crippen molar-refractivity contribution in [2.45, 2.75) is 12.6 Å². The Morgan fingerprint density at radius 1 is 1.50 bits per heavy atom. The van der Waals surface area contributed by atoms with E-state index in [1.807, 2.05) is 0 Å². The SMILES string of the molecule is N#CCc1cnc(Br)cc1C(F)(F)F. The van der Waals surface area contributed by atoms with Crippen LogP contribution in [0.2, 0.25) is 0 Å². The van der Waals surface area contributed by atoms with Crippen molar-refractivity contribution in [2.75, 3.05) is 0 Å². The summed E-state index contributed by atoms with van der Waals surface area (Å²) in [5.74, 6) is 0. The zero-order valence-electron chi connectivity index (χ0n) is 6.77. The molecule has 0 aliphatic heterocycles. The highest BCUT2D eigenvalue weighted by Crippen LogP contribution is 2.33. The van der Waals surface area contributed by atoms with Crippen LogP contribution in [0.5, 0.6) is 0 Å². The number of hydrogen-bond acceptors (Lipinski definition) is 2. The summed E-state index contributed by atoms with van der Waals surface area (Å²) in [6, 6.07) is 2.53. The van der Waals surface area contributed by atoms with Crippen molar-refractivity contribution in [1.82, 2.24) is 4.98 Å². The van der Waals surface area contributed by atoms with Crippen LogP contribution in [0.4, 0.5) is 13.2 Å². The third-order valence-corrected chi connectivity index (χ3v) is 1.96. The molecule has 14 heavy (non-hydrogen) atoms. The molecule has 0 N–H and O–H groups in total. The van der Waals surface area contributed by atoms with Crippen LogP contribution in [-0.2, 0) is 12.6 Å². The lowest BCUT2D eigenvalue weighted by Crippen LogP contribution is -2.09. The molecule has 0 aliphatic rings. The second-order valence-electron chi connectivity index (χ2n) is 2.50. The van der Waals surface area contributed by atoms with Crippen molar-refractivity contribution in [1.29, 1.82) is 5.26 Å². The Hall–Kier alpha value is -1.09. The predicted molar refractivity (Wildman–Crippen MR) is 46.3 cm³/mol. The van der Waals surface area contributed by atoms with Gasteiger partial charge in [-0.25, -0.2) is 4.98 Å². The van der Waals surface area contributed by atoms with Crippen LogP contribution in [0.1, 0.15) is 11.1 Å². The minimum atomic E-state index is -4.45. The molecular weight excluding hydrogens is 261 g/mol. The summed E-state index contributed by atoms with van der Waals surface area (Å²) < 4.78 is 37.3. The molecule has 1 aromatic heterocycles. The van der Waals surface area contributed by atoms with E-state index in [9.17, 15) is 13.2 Å². The number of halogens is 4. The maximum Gasteiger partial charge on any atom is 0.416 e. The van der Waals surface area contributed by atoms with E-state index in [1.165, 1.54) is 0 Å². The highest BCUT2D eigenvalue weighted by molar-refractivity contribution is 9.10. The highest BCUT2D eigenvalue weighted by Gasteiger charge is 2.33. The number of hydrogen-bond donors (Lipinski definition) is 0. The minimum Gasteiger partial charge on any atom is -0.249 e. The topological polar surface area (TPSA) is 36.7 Å². The van der Waals surface area contributed by atoms with Gasteiger partial charge in [0.25, 0.3) is 0 Å². The standard InChI is InChI=1S/C8H4BrF3N2/c9-7-3-6(8(10,11)12)5(1-2-13)4-14-7/h3-4H,1H2. The molecule has 0 saturated heterocycles. The van der Waals surface area contributed by atoms with Crippen LogP contribution in [0, 0.1) is 11.3 Å². The fraction of sp³-hybridized carbons (Fsp3) is 0.250. The summed E-state index contributed by atoms with van der Waals surface area (Å²) >= 11 is 2.85. The normalized spacial score (nSPS) is 11.1. The molecule has 0 aromatic carbocycles. The molecule has 2 nitrogen and oxygen atoms in total. The zero-order chi connectivity index (χ0) is 10.8. The van der Waals surface area contributed by atoms with Crippen molar-refractivity contribution in [3.8, 4) is 6.07 Å². The second-order valence-corrected chi connectivity index (χ2v) is 3.31. The lowest BCUT2D eigenvalue weighted by atomic mass is 10.1. The molecule has 0 bridgehead atoms. The van der Waals surface area contributed by atoms with Gasteiger partial charge in [-0.05, 0) is 27.6 Å². The van der Waals surface area contributed by atoms with Gasteiger partial charge in [-0.3, -0.25) is 0 Å². The largest absolute Gasteiger partial charge is 0.416 e. The van der Waals surface area contributed by atoms with Crippen LogP contribution in [0.3, 0.4) is 0 Å². The van der Waals surface area contributed by atoms with E-state index in [1.54, 1.807) is 6.07 Å². The summed E-state index contributed by atoms with van der Waals surface area (Å²) in [5, 5.41) is 8.32. The maximum atomic E-state index is 12.4. The molecular formula is C8H4BrF3N2. The average Bonchev–Trinajstić information content (AvgIpc) is 2.07. The summed E-state index contributed by atoms with van der Waals surface area (Å²) in [5.41, 5.74) is -0.927. The molecule has 74 valence electrons. The van der Waals surface area contributed by atoms with Gasteiger partial charge >= 0.3 is 6.18 Å². The van der Waals surface area contributed by atoms with E-state index in [4.69, 9.17) is 5.26 Å². The third kappa shape index (κ3) is 2.45. The van der Waals surface area contributed by atoms with Crippen molar-refractivity contribution >= 4 is 15.9 Å². The Kier molecular flexibility index (Phi) is 3.11. The molecule has 0 unspecified atom stereocenters. The van der Waals surface area contributed by atoms with Crippen molar-refractivity contribution in [3.05, 3.63) is 28.0 Å². The van der Waals surface area contributed by atoms with E-state index >= 15 is 0 Å². The number of pyridine rings is 1.